The van der Waals surface area contributed by atoms with Crippen molar-refractivity contribution >= 4 is 21.7 Å². The highest BCUT2D eigenvalue weighted by atomic mass is 32.1. The highest BCUT2D eigenvalue weighted by Gasteiger charge is 2.38. The Morgan fingerprint density at radius 3 is 3.07 bits per heavy atom. The first-order valence-corrected chi connectivity index (χ1v) is 5.56. The van der Waals surface area contributed by atoms with E-state index < -0.39 is 0 Å². The monoisotopic (exact) mass is 205 g/mol. The molecular weight excluding hydrogens is 194 g/mol. The van der Waals surface area contributed by atoms with Crippen LogP contribution in [0.4, 0.5) is 0 Å². The van der Waals surface area contributed by atoms with Gasteiger partial charge < -0.3 is 5.73 Å². The highest BCUT2D eigenvalue weighted by Crippen LogP contribution is 2.36. The number of fused-ring (bicyclic) bond motifs is 1. The molecule has 4 heteroatoms. The number of rotatable bonds is 2. The van der Waals surface area contributed by atoms with E-state index in [1.165, 1.54) is 0 Å². The van der Waals surface area contributed by atoms with Gasteiger partial charge in [-0.1, -0.05) is 11.3 Å². The Labute approximate surface area is 86.0 Å². The van der Waals surface area contributed by atoms with E-state index in [9.17, 15) is 0 Å². The summed E-state index contributed by atoms with van der Waals surface area (Å²) in [6, 6.07) is 3.92. The minimum Gasteiger partial charge on any atom is -0.325 e. The van der Waals surface area contributed by atoms with Gasteiger partial charge in [0.25, 0.3) is 0 Å². The van der Waals surface area contributed by atoms with Crippen molar-refractivity contribution in [2.24, 2.45) is 5.73 Å². The number of aromatic nitrogens is 2. The predicted octanol–water partition coefficient (Wildman–Crippen LogP) is 1.73. The molecule has 1 saturated carbocycles. The summed E-state index contributed by atoms with van der Waals surface area (Å²) in [5.41, 5.74) is 7.09. The van der Waals surface area contributed by atoms with Crippen molar-refractivity contribution in [2.45, 2.75) is 24.8 Å². The van der Waals surface area contributed by atoms with Gasteiger partial charge in [0, 0.05) is 18.2 Å². The molecule has 0 aromatic carbocycles. The SMILES string of the molecule is NC1(Cc2nc3cccnc3s2)CC1. The average Bonchev–Trinajstić information content (AvgIpc) is 2.77. The van der Waals surface area contributed by atoms with Crippen LogP contribution in [0.25, 0.3) is 10.3 Å². The van der Waals surface area contributed by atoms with Crippen molar-refractivity contribution in [2.75, 3.05) is 0 Å². The van der Waals surface area contributed by atoms with E-state index in [-0.39, 0.29) is 5.54 Å². The molecule has 1 aliphatic carbocycles. The third-order valence-electron chi connectivity index (χ3n) is 2.61. The van der Waals surface area contributed by atoms with E-state index in [0.29, 0.717) is 0 Å². The Morgan fingerprint density at radius 2 is 2.36 bits per heavy atom. The molecule has 1 fully saturated rings. The van der Waals surface area contributed by atoms with Gasteiger partial charge in [-0.2, -0.15) is 0 Å². The number of nitrogens with zero attached hydrogens (tertiary/aromatic N) is 2. The highest BCUT2D eigenvalue weighted by molar-refractivity contribution is 7.18. The normalized spacial score (nSPS) is 18.6. The summed E-state index contributed by atoms with van der Waals surface area (Å²) < 4.78 is 0. The summed E-state index contributed by atoms with van der Waals surface area (Å²) in [7, 11) is 0. The maximum Gasteiger partial charge on any atom is 0.143 e. The largest absolute Gasteiger partial charge is 0.325 e. The van der Waals surface area contributed by atoms with Crippen LogP contribution in [0.2, 0.25) is 0 Å². The van der Waals surface area contributed by atoms with E-state index in [0.717, 1.165) is 34.6 Å². The second kappa shape index (κ2) is 2.74. The lowest BCUT2D eigenvalue weighted by Crippen LogP contribution is -2.24. The van der Waals surface area contributed by atoms with E-state index in [1.807, 2.05) is 12.1 Å². The second-order valence-corrected chi connectivity index (χ2v) is 5.04. The molecule has 3 rings (SSSR count). The molecule has 0 spiro atoms. The van der Waals surface area contributed by atoms with Gasteiger partial charge in [0.05, 0.1) is 5.01 Å². The van der Waals surface area contributed by atoms with Gasteiger partial charge in [-0.3, -0.25) is 0 Å². The van der Waals surface area contributed by atoms with Gasteiger partial charge in [-0.05, 0) is 25.0 Å². The van der Waals surface area contributed by atoms with Crippen LogP contribution in [0.5, 0.6) is 0 Å². The molecule has 0 radical (unpaired) electrons. The molecule has 72 valence electrons. The van der Waals surface area contributed by atoms with Crippen LogP contribution >= 0.6 is 11.3 Å². The van der Waals surface area contributed by atoms with Crippen molar-refractivity contribution in [3.8, 4) is 0 Å². The number of hydrogen-bond donors (Lipinski definition) is 1. The number of nitrogens with two attached hydrogens (primary N) is 1. The Morgan fingerprint density at radius 1 is 1.50 bits per heavy atom. The first-order chi connectivity index (χ1) is 6.75. The molecule has 0 bridgehead atoms. The van der Waals surface area contributed by atoms with Crippen LogP contribution in [0.3, 0.4) is 0 Å². The van der Waals surface area contributed by atoms with Crippen LogP contribution in [0.15, 0.2) is 18.3 Å². The fourth-order valence-corrected chi connectivity index (χ4v) is 2.59. The molecule has 0 unspecified atom stereocenters. The topological polar surface area (TPSA) is 51.8 Å². The zero-order chi connectivity index (χ0) is 9.60. The molecule has 0 atom stereocenters. The van der Waals surface area contributed by atoms with Gasteiger partial charge in [-0.15, -0.1) is 0 Å². The van der Waals surface area contributed by atoms with Gasteiger partial charge in [0.1, 0.15) is 10.3 Å². The van der Waals surface area contributed by atoms with Crippen molar-refractivity contribution in [1.82, 2.24) is 9.97 Å². The summed E-state index contributed by atoms with van der Waals surface area (Å²) in [6.07, 6.45) is 4.99. The average molecular weight is 205 g/mol. The van der Waals surface area contributed by atoms with Crippen LogP contribution in [-0.4, -0.2) is 15.5 Å². The lowest BCUT2D eigenvalue weighted by atomic mass is 10.2. The molecular formula is C10H11N3S. The molecule has 2 N–H and O–H groups in total. The predicted molar refractivity (Wildman–Crippen MR) is 57.3 cm³/mol. The van der Waals surface area contributed by atoms with E-state index >= 15 is 0 Å². The van der Waals surface area contributed by atoms with Crippen LogP contribution in [-0.2, 0) is 6.42 Å². The van der Waals surface area contributed by atoms with Gasteiger partial charge in [0.2, 0.25) is 0 Å². The summed E-state index contributed by atoms with van der Waals surface area (Å²) in [6.45, 7) is 0. The molecule has 3 nitrogen and oxygen atoms in total. The minimum atomic E-state index is 0.0495. The standard InChI is InChI=1S/C10H11N3S/c11-10(3-4-10)6-8-13-7-2-1-5-12-9(7)14-8/h1-2,5H,3-4,6,11H2. The molecule has 14 heavy (non-hydrogen) atoms. The van der Waals surface area contributed by atoms with E-state index in [1.54, 1.807) is 17.5 Å². The third kappa shape index (κ3) is 1.40. The fourth-order valence-electron chi connectivity index (χ4n) is 1.53. The van der Waals surface area contributed by atoms with Gasteiger partial charge >= 0.3 is 0 Å². The third-order valence-corrected chi connectivity index (χ3v) is 3.59. The fraction of sp³-hybridized carbons (Fsp3) is 0.400. The van der Waals surface area contributed by atoms with E-state index in [2.05, 4.69) is 9.97 Å². The number of hydrogen-bond acceptors (Lipinski definition) is 4. The molecule has 0 aliphatic heterocycles. The summed E-state index contributed by atoms with van der Waals surface area (Å²) in [5, 5.41) is 1.12. The lowest BCUT2D eigenvalue weighted by Gasteiger charge is -2.02. The number of thiazole rings is 1. The smallest absolute Gasteiger partial charge is 0.143 e. The Balaban J connectivity index is 1.98. The van der Waals surface area contributed by atoms with Crippen molar-refractivity contribution in [3.05, 3.63) is 23.3 Å². The zero-order valence-electron chi connectivity index (χ0n) is 7.73. The van der Waals surface area contributed by atoms with E-state index in [4.69, 9.17) is 5.73 Å². The molecule has 0 amide bonds. The second-order valence-electron chi connectivity index (χ2n) is 3.97. The Bertz CT molecular complexity index is 440. The lowest BCUT2D eigenvalue weighted by molar-refractivity contribution is 0.670. The van der Waals surface area contributed by atoms with Gasteiger partial charge in [-0.25, -0.2) is 9.97 Å². The molecule has 0 saturated heterocycles. The Hall–Kier alpha value is -1.00. The van der Waals surface area contributed by atoms with Gasteiger partial charge in [0.15, 0.2) is 0 Å². The summed E-state index contributed by atoms with van der Waals surface area (Å²) >= 11 is 1.66. The summed E-state index contributed by atoms with van der Waals surface area (Å²) in [4.78, 5) is 9.80. The van der Waals surface area contributed by atoms with Crippen molar-refractivity contribution in [3.63, 3.8) is 0 Å². The van der Waals surface area contributed by atoms with Crippen LogP contribution in [0.1, 0.15) is 17.8 Å². The van der Waals surface area contributed by atoms with Crippen molar-refractivity contribution in [1.29, 1.82) is 0 Å². The molecule has 2 aromatic rings. The zero-order valence-corrected chi connectivity index (χ0v) is 8.55. The first kappa shape index (κ1) is 8.32. The molecule has 1 aliphatic rings. The molecule has 2 aromatic heterocycles. The van der Waals surface area contributed by atoms with Crippen LogP contribution in [0, 0.1) is 0 Å². The Kier molecular flexibility index (Phi) is 1.63. The maximum absolute atomic E-state index is 6.05. The first-order valence-electron chi connectivity index (χ1n) is 4.75. The quantitative estimate of drug-likeness (QED) is 0.812. The molecule has 2 heterocycles. The maximum atomic E-state index is 6.05. The van der Waals surface area contributed by atoms with Crippen molar-refractivity contribution < 1.29 is 0 Å². The summed E-state index contributed by atoms with van der Waals surface area (Å²) in [5.74, 6) is 0. The van der Waals surface area contributed by atoms with Crippen LogP contribution < -0.4 is 5.73 Å². The minimum absolute atomic E-state index is 0.0495. The number of pyridine rings is 1.